The van der Waals surface area contributed by atoms with Crippen molar-refractivity contribution in [2.45, 2.75) is 39.2 Å². The standard InChI is InChI=1S/C10H20BrN/c1-3-9(2)12-7-5-10(8-12)4-6-11/h9-10H,3-8H2,1-2H3. The fourth-order valence-corrected chi connectivity index (χ4v) is 2.56. The van der Waals surface area contributed by atoms with Crippen LogP contribution in [0.5, 0.6) is 0 Å². The Labute approximate surface area is 84.6 Å². The zero-order chi connectivity index (χ0) is 8.97. The van der Waals surface area contributed by atoms with Crippen LogP contribution < -0.4 is 0 Å². The molecule has 0 N–H and O–H groups in total. The van der Waals surface area contributed by atoms with Crippen LogP contribution in [0.25, 0.3) is 0 Å². The van der Waals surface area contributed by atoms with Gasteiger partial charge >= 0.3 is 0 Å². The first-order chi connectivity index (χ1) is 5.77. The van der Waals surface area contributed by atoms with Gasteiger partial charge in [-0.15, -0.1) is 0 Å². The van der Waals surface area contributed by atoms with Crippen molar-refractivity contribution in [1.29, 1.82) is 0 Å². The maximum Gasteiger partial charge on any atom is 0.00644 e. The molecule has 0 radical (unpaired) electrons. The second kappa shape index (κ2) is 5.23. The molecule has 1 heterocycles. The summed E-state index contributed by atoms with van der Waals surface area (Å²) in [5, 5.41) is 1.17. The largest absolute Gasteiger partial charge is 0.300 e. The van der Waals surface area contributed by atoms with Crippen molar-refractivity contribution in [3.63, 3.8) is 0 Å². The molecule has 2 heteroatoms. The lowest BCUT2D eigenvalue weighted by Gasteiger charge is -2.22. The average molecular weight is 234 g/mol. The first-order valence-corrected chi connectivity index (χ1v) is 6.20. The molecule has 1 aliphatic rings. The third-order valence-electron chi connectivity index (χ3n) is 3.05. The fourth-order valence-electron chi connectivity index (χ4n) is 1.91. The van der Waals surface area contributed by atoms with E-state index >= 15 is 0 Å². The van der Waals surface area contributed by atoms with Crippen LogP contribution in [0, 0.1) is 5.92 Å². The molecule has 0 amide bonds. The topological polar surface area (TPSA) is 3.24 Å². The van der Waals surface area contributed by atoms with E-state index in [4.69, 9.17) is 0 Å². The molecule has 1 nitrogen and oxygen atoms in total. The van der Waals surface area contributed by atoms with Gasteiger partial charge in [0, 0.05) is 17.9 Å². The van der Waals surface area contributed by atoms with Crippen LogP contribution in [0.3, 0.4) is 0 Å². The number of likely N-dealkylation sites (tertiary alicyclic amines) is 1. The summed E-state index contributed by atoms with van der Waals surface area (Å²) in [7, 11) is 0. The summed E-state index contributed by atoms with van der Waals surface area (Å²) in [5.41, 5.74) is 0. The van der Waals surface area contributed by atoms with Crippen molar-refractivity contribution in [1.82, 2.24) is 4.90 Å². The highest BCUT2D eigenvalue weighted by Crippen LogP contribution is 2.22. The number of halogens is 1. The molecule has 1 rings (SSSR count). The van der Waals surface area contributed by atoms with Crippen LogP contribution in [-0.4, -0.2) is 29.4 Å². The Balaban J connectivity index is 2.25. The lowest BCUT2D eigenvalue weighted by atomic mass is 10.1. The van der Waals surface area contributed by atoms with Crippen LogP contribution in [0.4, 0.5) is 0 Å². The minimum Gasteiger partial charge on any atom is -0.300 e. The zero-order valence-electron chi connectivity index (χ0n) is 8.22. The summed E-state index contributed by atoms with van der Waals surface area (Å²) in [5.74, 6) is 0.957. The molecule has 1 saturated heterocycles. The van der Waals surface area contributed by atoms with Gasteiger partial charge in [-0.25, -0.2) is 0 Å². The maximum absolute atomic E-state index is 3.51. The Bertz CT molecular complexity index is 127. The molecule has 0 aromatic heterocycles. The molecular weight excluding hydrogens is 214 g/mol. The third-order valence-corrected chi connectivity index (χ3v) is 3.51. The van der Waals surface area contributed by atoms with E-state index in [2.05, 4.69) is 34.7 Å². The van der Waals surface area contributed by atoms with E-state index in [-0.39, 0.29) is 0 Å². The van der Waals surface area contributed by atoms with E-state index in [1.54, 1.807) is 0 Å². The summed E-state index contributed by atoms with van der Waals surface area (Å²) in [6, 6.07) is 0.797. The Morgan fingerprint density at radius 1 is 1.58 bits per heavy atom. The van der Waals surface area contributed by atoms with Crippen LogP contribution in [-0.2, 0) is 0 Å². The van der Waals surface area contributed by atoms with E-state index in [1.807, 2.05) is 0 Å². The molecule has 0 aromatic rings. The predicted octanol–water partition coefficient (Wildman–Crippen LogP) is 2.89. The smallest absolute Gasteiger partial charge is 0.00644 e. The lowest BCUT2D eigenvalue weighted by molar-refractivity contribution is 0.243. The normalized spacial score (nSPS) is 27.8. The van der Waals surface area contributed by atoms with E-state index < -0.39 is 0 Å². The zero-order valence-corrected chi connectivity index (χ0v) is 9.81. The number of alkyl halides is 1. The minimum atomic E-state index is 0.797. The lowest BCUT2D eigenvalue weighted by Crippen LogP contribution is -2.30. The van der Waals surface area contributed by atoms with E-state index in [0.29, 0.717) is 0 Å². The molecule has 0 bridgehead atoms. The monoisotopic (exact) mass is 233 g/mol. The van der Waals surface area contributed by atoms with E-state index in [9.17, 15) is 0 Å². The van der Waals surface area contributed by atoms with Crippen molar-refractivity contribution in [2.24, 2.45) is 5.92 Å². The summed E-state index contributed by atoms with van der Waals surface area (Å²) in [4.78, 5) is 2.63. The van der Waals surface area contributed by atoms with Gasteiger partial charge in [-0.2, -0.15) is 0 Å². The molecule has 2 unspecified atom stereocenters. The van der Waals surface area contributed by atoms with Gasteiger partial charge in [-0.3, -0.25) is 0 Å². The van der Waals surface area contributed by atoms with Gasteiger partial charge in [-0.05, 0) is 38.6 Å². The van der Waals surface area contributed by atoms with Crippen LogP contribution in [0.2, 0.25) is 0 Å². The highest BCUT2D eigenvalue weighted by atomic mass is 79.9. The van der Waals surface area contributed by atoms with E-state index in [1.165, 1.54) is 37.7 Å². The maximum atomic E-state index is 3.51. The molecule has 1 aliphatic heterocycles. The van der Waals surface area contributed by atoms with Crippen molar-refractivity contribution in [2.75, 3.05) is 18.4 Å². The first kappa shape index (κ1) is 10.5. The van der Waals surface area contributed by atoms with Gasteiger partial charge in [-0.1, -0.05) is 22.9 Å². The number of rotatable bonds is 4. The van der Waals surface area contributed by atoms with Crippen molar-refractivity contribution < 1.29 is 0 Å². The number of hydrogen-bond donors (Lipinski definition) is 0. The Morgan fingerprint density at radius 2 is 2.33 bits per heavy atom. The van der Waals surface area contributed by atoms with Crippen LogP contribution in [0.1, 0.15) is 33.1 Å². The van der Waals surface area contributed by atoms with Crippen LogP contribution >= 0.6 is 15.9 Å². The van der Waals surface area contributed by atoms with Gasteiger partial charge in [0.1, 0.15) is 0 Å². The average Bonchev–Trinajstić information content (AvgIpc) is 2.52. The van der Waals surface area contributed by atoms with E-state index in [0.717, 1.165) is 12.0 Å². The predicted molar refractivity (Wildman–Crippen MR) is 57.8 cm³/mol. The first-order valence-electron chi connectivity index (χ1n) is 5.08. The summed E-state index contributed by atoms with van der Waals surface area (Å²) < 4.78 is 0. The number of nitrogens with zero attached hydrogens (tertiary/aromatic N) is 1. The van der Waals surface area contributed by atoms with Gasteiger partial charge in [0.15, 0.2) is 0 Å². The van der Waals surface area contributed by atoms with Crippen molar-refractivity contribution in [3.05, 3.63) is 0 Å². The summed E-state index contributed by atoms with van der Waals surface area (Å²) in [6.07, 6.45) is 4.06. The van der Waals surface area contributed by atoms with Gasteiger partial charge in [0.05, 0.1) is 0 Å². The molecule has 0 aromatic carbocycles. The second-order valence-corrected chi connectivity index (χ2v) is 4.68. The summed E-state index contributed by atoms with van der Waals surface area (Å²) >= 11 is 3.51. The Kier molecular flexibility index (Phi) is 4.59. The second-order valence-electron chi connectivity index (χ2n) is 3.88. The Morgan fingerprint density at radius 3 is 2.92 bits per heavy atom. The molecule has 0 spiro atoms. The van der Waals surface area contributed by atoms with Crippen molar-refractivity contribution >= 4 is 15.9 Å². The van der Waals surface area contributed by atoms with Gasteiger partial charge in [0.2, 0.25) is 0 Å². The highest BCUT2D eigenvalue weighted by molar-refractivity contribution is 9.09. The quantitative estimate of drug-likeness (QED) is 0.676. The van der Waals surface area contributed by atoms with Gasteiger partial charge < -0.3 is 4.90 Å². The number of hydrogen-bond acceptors (Lipinski definition) is 1. The summed E-state index contributed by atoms with van der Waals surface area (Å²) in [6.45, 7) is 7.28. The highest BCUT2D eigenvalue weighted by Gasteiger charge is 2.24. The molecule has 1 fully saturated rings. The SMILES string of the molecule is CCC(C)N1CCC(CCBr)C1. The third kappa shape index (κ3) is 2.74. The van der Waals surface area contributed by atoms with Crippen molar-refractivity contribution in [3.8, 4) is 0 Å². The fraction of sp³-hybridized carbons (Fsp3) is 1.00. The molecular formula is C10H20BrN. The minimum absolute atomic E-state index is 0.797. The molecule has 0 saturated carbocycles. The molecule has 12 heavy (non-hydrogen) atoms. The molecule has 72 valence electrons. The molecule has 2 atom stereocenters. The molecule has 0 aliphatic carbocycles. The Hall–Kier alpha value is 0.440. The van der Waals surface area contributed by atoms with Gasteiger partial charge in [0.25, 0.3) is 0 Å². The van der Waals surface area contributed by atoms with Crippen LogP contribution in [0.15, 0.2) is 0 Å².